The van der Waals surface area contributed by atoms with Crippen LogP contribution in [0.1, 0.15) is 0 Å². The van der Waals surface area contributed by atoms with Gasteiger partial charge in [-0.05, 0) is 15.6 Å². The summed E-state index contributed by atoms with van der Waals surface area (Å²) < 4.78 is 8.13. The highest BCUT2D eigenvalue weighted by Gasteiger charge is 2.50. The maximum atomic E-state index is 5.49. The number of hydrogen-bond donors (Lipinski definition) is 0. The number of benzene rings is 3. The van der Waals surface area contributed by atoms with Crippen molar-refractivity contribution in [1.82, 2.24) is 4.98 Å². The second kappa shape index (κ2) is 7.85. The molecule has 0 unspecified atom stereocenters. The molecule has 0 fully saturated rings. The Kier molecular flexibility index (Phi) is 5.26. The Morgan fingerprint density at radius 1 is 0.655 bits per heavy atom. The normalized spacial score (nSPS) is 12.0. The molecule has 0 spiro atoms. The fraction of sp³-hybridized carbons (Fsp3) is 0.125. The Labute approximate surface area is 174 Å². The smallest absolute Gasteiger partial charge is 0.246 e. The second-order valence-electron chi connectivity index (χ2n) is 8.16. The summed E-state index contributed by atoms with van der Waals surface area (Å²) in [5.41, 5.74) is 0. The van der Waals surface area contributed by atoms with Crippen LogP contribution in [-0.4, -0.2) is 21.5 Å². The molecule has 3 nitrogen and oxygen atoms in total. The van der Waals surface area contributed by atoms with Crippen LogP contribution in [0.4, 0.5) is 5.82 Å². The van der Waals surface area contributed by atoms with Gasteiger partial charge in [0.05, 0.1) is 0 Å². The molecule has 1 aromatic heterocycles. The molecule has 4 aromatic rings. The van der Waals surface area contributed by atoms with E-state index in [4.69, 9.17) is 4.42 Å². The lowest BCUT2D eigenvalue weighted by atomic mass is 10.3. The van der Waals surface area contributed by atoms with Crippen LogP contribution < -0.4 is 19.8 Å². The first-order valence-electron chi connectivity index (χ1n) is 9.89. The third-order valence-corrected chi connectivity index (χ3v) is 14.2. The molecular weight excluding hydrogens is 388 g/mol. The lowest BCUT2D eigenvalue weighted by Crippen LogP contribution is -2.82. The van der Waals surface area contributed by atoms with Crippen molar-refractivity contribution in [2.45, 2.75) is 19.6 Å². The van der Waals surface area contributed by atoms with E-state index in [9.17, 15) is 0 Å². The summed E-state index contributed by atoms with van der Waals surface area (Å²) in [5, 5.41) is 4.05. The third-order valence-electron chi connectivity index (χ3n) is 5.23. The zero-order valence-corrected chi connectivity index (χ0v) is 19.1. The van der Waals surface area contributed by atoms with Crippen molar-refractivity contribution in [3.8, 4) is 0 Å². The molecule has 29 heavy (non-hydrogen) atoms. The van der Waals surface area contributed by atoms with Gasteiger partial charge in [-0.2, -0.15) is 0 Å². The lowest BCUT2D eigenvalue weighted by Gasteiger charge is -2.50. The van der Waals surface area contributed by atoms with Crippen LogP contribution in [0, 0.1) is 0 Å². The van der Waals surface area contributed by atoms with Crippen LogP contribution in [0.25, 0.3) is 0 Å². The van der Waals surface area contributed by atoms with E-state index in [-0.39, 0.29) is 0 Å². The van der Waals surface area contributed by atoms with Crippen LogP contribution in [0.3, 0.4) is 0 Å². The minimum absolute atomic E-state index is 0.924. The van der Waals surface area contributed by atoms with E-state index in [2.05, 4.69) is 120 Å². The number of nitrogens with zero attached hydrogens (tertiary/aromatic N) is 2. The van der Waals surface area contributed by atoms with E-state index in [0.717, 1.165) is 5.82 Å². The molecule has 5 heteroatoms. The van der Waals surface area contributed by atoms with Gasteiger partial charge in [0.2, 0.25) is 8.24 Å². The molecule has 0 aliphatic heterocycles. The SMILES string of the molecule is C[Si](C)(C)N(c1cocn1)[Si](c1ccccc1)(c1ccccc1)c1ccccc1. The van der Waals surface area contributed by atoms with E-state index >= 15 is 0 Å². The molecule has 0 bridgehead atoms. The van der Waals surface area contributed by atoms with E-state index in [0.29, 0.717) is 0 Å². The fourth-order valence-electron chi connectivity index (χ4n) is 4.26. The highest BCUT2D eigenvalue weighted by molar-refractivity contribution is 7.20. The minimum Gasteiger partial charge on any atom is -0.450 e. The summed E-state index contributed by atoms with van der Waals surface area (Å²) in [6.07, 6.45) is 3.34. The van der Waals surface area contributed by atoms with Crippen LogP contribution in [-0.2, 0) is 0 Å². The standard InChI is InChI=1S/C24H26N2OSi2/c1-28(2,3)26(24-19-27-20-25-24)29(21-13-7-4-8-14-21,22-15-9-5-10-16-22)23-17-11-6-12-18-23/h4-20H,1-3H3. The van der Waals surface area contributed by atoms with Crippen molar-refractivity contribution >= 4 is 37.8 Å². The minimum atomic E-state index is -2.62. The first kappa shape index (κ1) is 19.4. The maximum absolute atomic E-state index is 5.49. The van der Waals surface area contributed by atoms with Crippen molar-refractivity contribution in [1.29, 1.82) is 0 Å². The highest BCUT2D eigenvalue weighted by atomic mass is 28.4. The van der Waals surface area contributed by atoms with Crippen LogP contribution in [0.15, 0.2) is 108 Å². The van der Waals surface area contributed by atoms with Gasteiger partial charge < -0.3 is 8.65 Å². The summed E-state index contributed by atoms with van der Waals surface area (Å²) in [6.45, 7) is 7.16. The van der Waals surface area contributed by atoms with Crippen molar-refractivity contribution in [3.63, 3.8) is 0 Å². The Morgan fingerprint density at radius 2 is 1.07 bits per heavy atom. The van der Waals surface area contributed by atoms with E-state index in [1.165, 1.54) is 15.6 Å². The van der Waals surface area contributed by atoms with Gasteiger partial charge in [-0.15, -0.1) is 0 Å². The van der Waals surface area contributed by atoms with Gasteiger partial charge in [-0.1, -0.05) is 111 Å². The van der Waals surface area contributed by atoms with Crippen molar-refractivity contribution in [2.75, 3.05) is 4.23 Å². The molecule has 4 rings (SSSR count). The van der Waals surface area contributed by atoms with Gasteiger partial charge in [0, 0.05) is 0 Å². The first-order valence-corrected chi connectivity index (χ1v) is 15.3. The number of aromatic nitrogens is 1. The molecule has 0 N–H and O–H groups in total. The zero-order valence-electron chi connectivity index (χ0n) is 17.1. The first-order chi connectivity index (χ1) is 14.0. The van der Waals surface area contributed by atoms with Crippen molar-refractivity contribution in [3.05, 3.63) is 104 Å². The van der Waals surface area contributed by atoms with Gasteiger partial charge >= 0.3 is 0 Å². The number of anilines is 1. The van der Waals surface area contributed by atoms with Crippen LogP contribution in [0.2, 0.25) is 19.6 Å². The number of oxazole rings is 1. The predicted molar refractivity (Wildman–Crippen MR) is 126 cm³/mol. The fourth-order valence-corrected chi connectivity index (χ4v) is 14.5. The predicted octanol–water partition coefficient (Wildman–Crippen LogP) is 3.98. The molecule has 1 heterocycles. The molecule has 0 amide bonds. The Morgan fingerprint density at radius 3 is 1.38 bits per heavy atom. The van der Waals surface area contributed by atoms with E-state index in [1.54, 1.807) is 12.7 Å². The summed E-state index contributed by atoms with van der Waals surface area (Å²) >= 11 is 0. The summed E-state index contributed by atoms with van der Waals surface area (Å²) in [7, 11) is -4.52. The molecule has 0 saturated carbocycles. The molecule has 3 aromatic carbocycles. The lowest BCUT2D eigenvalue weighted by molar-refractivity contribution is 0.558. The van der Waals surface area contributed by atoms with Crippen molar-refractivity contribution in [2.24, 2.45) is 0 Å². The summed E-state index contributed by atoms with van der Waals surface area (Å²) in [5.74, 6) is 0.924. The monoisotopic (exact) mass is 414 g/mol. The Hall–Kier alpha value is -2.90. The Balaban J connectivity index is 2.16. The van der Waals surface area contributed by atoms with E-state index < -0.39 is 16.5 Å². The molecule has 0 aliphatic rings. The number of rotatable bonds is 6. The molecule has 0 aliphatic carbocycles. The van der Waals surface area contributed by atoms with Crippen molar-refractivity contribution < 1.29 is 4.42 Å². The topological polar surface area (TPSA) is 29.3 Å². The molecule has 146 valence electrons. The maximum Gasteiger partial charge on any atom is 0.246 e. The second-order valence-corrected chi connectivity index (χ2v) is 17.0. The van der Waals surface area contributed by atoms with Gasteiger partial charge in [0.25, 0.3) is 0 Å². The average Bonchev–Trinajstić information content (AvgIpc) is 3.27. The van der Waals surface area contributed by atoms with Gasteiger partial charge in [-0.25, -0.2) is 4.98 Å². The van der Waals surface area contributed by atoms with Gasteiger partial charge in [0.1, 0.15) is 14.5 Å². The molecular formula is C24H26N2OSi2. The largest absolute Gasteiger partial charge is 0.450 e. The molecule has 0 saturated heterocycles. The quantitative estimate of drug-likeness (QED) is 0.353. The third kappa shape index (κ3) is 3.47. The highest BCUT2D eigenvalue weighted by Crippen LogP contribution is 2.27. The molecule has 0 radical (unpaired) electrons. The average molecular weight is 415 g/mol. The zero-order chi connectivity index (χ0) is 20.3. The van der Waals surface area contributed by atoms with Crippen LogP contribution >= 0.6 is 0 Å². The summed E-state index contributed by atoms with van der Waals surface area (Å²) in [6, 6.07) is 32.8. The number of hydrogen-bond acceptors (Lipinski definition) is 3. The molecule has 0 atom stereocenters. The Bertz CT molecular complexity index is 934. The van der Waals surface area contributed by atoms with Gasteiger partial charge in [-0.3, -0.25) is 0 Å². The van der Waals surface area contributed by atoms with Gasteiger partial charge in [0.15, 0.2) is 12.2 Å². The van der Waals surface area contributed by atoms with E-state index in [1.807, 2.05) is 0 Å². The van der Waals surface area contributed by atoms with Crippen LogP contribution in [0.5, 0.6) is 0 Å². The summed E-state index contributed by atoms with van der Waals surface area (Å²) in [4.78, 5) is 4.65.